The van der Waals surface area contributed by atoms with E-state index in [4.69, 9.17) is 15.2 Å². The highest BCUT2D eigenvalue weighted by Crippen LogP contribution is 2.25. The maximum Gasteiger partial charge on any atom is 0.341 e. The van der Waals surface area contributed by atoms with Crippen molar-refractivity contribution in [3.05, 3.63) is 23.8 Å². The lowest BCUT2D eigenvalue weighted by Gasteiger charge is -2.22. The van der Waals surface area contributed by atoms with E-state index in [1.165, 1.54) is 20.3 Å². The molecule has 0 saturated heterocycles. The van der Waals surface area contributed by atoms with Gasteiger partial charge in [0.1, 0.15) is 17.9 Å². The van der Waals surface area contributed by atoms with Crippen LogP contribution in [0.15, 0.2) is 18.2 Å². The molecule has 0 unspecified atom stereocenters. The number of nitrogen functional groups attached to an aromatic ring is 1. The molecule has 0 amide bonds. The predicted octanol–water partition coefficient (Wildman–Crippen LogP) is 1.63. The molecule has 20 heavy (non-hydrogen) atoms. The third-order valence-corrected chi connectivity index (χ3v) is 2.74. The molecule has 0 radical (unpaired) electrons. The van der Waals surface area contributed by atoms with Crippen LogP contribution >= 0.6 is 0 Å². The fourth-order valence-electron chi connectivity index (χ4n) is 1.54. The summed E-state index contributed by atoms with van der Waals surface area (Å²) in [6.07, 6.45) is 0. The van der Waals surface area contributed by atoms with E-state index in [2.05, 4.69) is 4.74 Å². The smallest absolute Gasteiger partial charge is 0.341 e. The second-order valence-corrected chi connectivity index (χ2v) is 4.91. The first-order valence-electron chi connectivity index (χ1n) is 6.01. The van der Waals surface area contributed by atoms with Crippen molar-refractivity contribution in [1.82, 2.24) is 0 Å². The molecular formula is C14H19NO5. The Labute approximate surface area is 117 Å². The number of carbonyl (C=O) groups is 2. The molecule has 0 aliphatic carbocycles. The Morgan fingerprint density at radius 1 is 1.20 bits per heavy atom. The number of esters is 2. The van der Waals surface area contributed by atoms with Gasteiger partial charge >= 0.3 is 11.9 Å². The van der Waals surface area contributed by atoms with Gasteiger partial charge in [0.2, 0.25) is 0 Å². The van der Waals surface area contributed by atoms with Crippen molar-refractivity contribution in [2.24, 2.45) is 5.41 Å². The van der Waals surface area contributed by atoms with Gasteiger partial charge in [0.25, 0.3) is 0 Å². The van der Waals surface area contributed by atoms with Crippen molar-refractivity contribution in [1.29, 1.82) is 0 Å². The molecule has 0 aliphatic heterocycles. The maximum atomic E-state index is 11.7. The standard InChI is InChI=1S/C14H19NO5/c1-14(2,13(17)19-4)8-20-11-6-5-9(15)7-10(11)12(16)18-3/h5-7H,8,15H2,1-4H3. The van der Waals surface area contributed by atoms with E-state index in [9.17, 15) is 9.59 Å². The van der Waals surface area contributed by atoms with Gasteiger partial charge in [-0.1, -0.05) is 0 Å². The minimum atomic E-state index is -0.830. The first kappa shape index (κ1) is 15.8. The molecule has 0 heterocycles. The number of hydrogen-bond acceptors (Lipinski definition) is 6. The molecule has 2 N–H and O–H groups in total. The minimum absolute atomic E-state index is 0.0631. The van der Waals surface area contributed by atoms with Crippen molar-refractivity contribution in [3.63, 3.8) is 0 Å². The first-order valence-corrected chi connectivity index (χ1v) is 6.01. The Kier molecular flexibility index (Phi) is 4.96. The summed E-state index contributed by atoms with van der Waals surface area (Å²) in [6.45, 7) is 3.44. The maximum absolute atomic E-state index is 11.7. The monoisotopic (exact) mass is 281 g/mol. The molecule has 0 saturated carbocycles. The summed E-state index contributed by atoms with van der Waals surface area (Å²) < 4.78 is 14.9. The highest BCUT2D eigenvalue weighted by molar-refractivity contribution is 5.93. The topological polar surface area (TPSA) is 87.9 Å². The van der Waals surface area contributed by atoms with Crippen LogP contribution in [0.3, 0.4) is 0 Å². The average Bonchev–Trinajstić information content (AvgIpc) is 2.44. The lowest BCUT2D eigenvalue weighted by Crippen LogP contribution is -2.32. The molecule has 0 aliphatic rings. The van der Waals surface area contributed by atoms with E-state index in [1.54, 1.807) is 26.0 Å². The van der Waals surface area contributed by atoms with Crippen LogP contribution in [0.4, 0.5) is 5.69 Å². The van der Waals surface area contributed by atoms with E-state index in [1.807, 2.05) is 0 Å². The summed E-state index contributed by atoms with van der Waals surface area (Å²) >= 11 is 0. The molecule has 6 heteroatoms. The summed E-state index contributed by atoms with van der Waals surface area (Å²) in [5.74, 6) is -0.640. The average molecular weight is 281 g/mol. The van der Waals surface area contributed by atoms with Crippen LogP contribution in [0.1, 0.15) is 24.2 Å². The summed E-state index contributed by atoms with van der Waals surface area (Å²) in [5.41, 5.74) is 5.44. The molecule has 0 spiro atoms. The van der Waals surface area contributed by atoms with Crippen LogP contribution in [0.25, 0.3) is 0 Å². The number of nitrogens with two attached hydrogens (primary N) is 1. The molecule has 110 valence electrons. The van der Waals surface area contributed by atoms with Crippen LogP contribution in [-0.4, -0.2) is 32.8 Å². The van der Waals surface area contributed by atoms with Crippen LogP contribution in [0.5, 0.6) is 5.75 Å². The van der Waals surface area contributed by atoms with Gasteiger partial charge in [-0.2, -0.15) is 0 Å². The summed E-state index contributed by atoms with van der Waals surface area (Å²) in [7, 11) is 2.58. The summed E-state index contributed by atoms with van der Waals surface area (Å²) in [5, 5.41) is 0. The van der Waals surface area contributed by atoms with Gasteiger partial charge in [-0.3, -0.25) is 4.79 Å². The van der Waals surface area contributed by atoms with E-state index in [0.29, 0.717) is 11.4 Å². The second kappa shape index (κ2) is 6.27. The van der Waals surface area contributed by atoms with E-state index in [0.717, 1.165) is 0 Å². The summed E-state index contributed by atoms with van der Waals surface area (Å²) in [4.78, 5) is 23.2. The fraction of sp³-hybridized carbons (Fsp3) is 0.429. The van der Waals surface area contributed by atoms with Gasteiger partial charge < -0.3 is 19.9 Å². The Hall–Kier alpha value is -2.24. The SMILES string of the molecule is COC(=O)c1cc(N)ccc1OCC(C)(C)C(=O)OC. The van der Waals surface area contributed by atoms with Gasteiger partial charge in [0, 0.05) is 5.69 Å². The number of hydrogen-bond donors (Lipinski definition) is 1. The Morgan fingerprint density at radius 3 is 2.40 bits per heavy atom. The third kappa shape index (κ3) is 3.63. The van der Waals surface area contributed by atoms with Crippen LogP contribution < -0.4 is 10.5 Å². The Balaban J connectivity index is 2.93. The lowest BCUT2D eigenvalue weighted by atomic mass is 9.95. The van der Waals surface area contributed by atoms with Gasteiger partial charge in [-0.15, -0.1) is 0 Å². The molecular weight excluding hydrogens is 262 g/mol. The molecule has 0 fully saturated rings. The molecule has 0 atom stereocenters. The van der Waals surface area contributed by atoms with E-state index < -0.39 is 17.4 Å². The zero-order valence-electron chi connectivity index (χ0n) is 12.1. The molecule has 1 aromatic carbocycles. The molecule has 6 nitrogen and oxygen atoms in total. The quantitative estimate of drug-likeness (QED) is 0.652. The van der Waals surface area contributed by atoms with Crippen LogP contribution in [-0.2, 0) is 14.3 Å². The molecule has 0 bridgehead atoms. The van der Waals surface area contributed by atoms with E-state index in [-0.39, 0.29) is 12.2 Å². The lowest BCUT2D eigenvalue weighted by molar-refractivity contribution is -0.152. The number of anilines is 1. The van der Waals surface area contributed by atoms with Crippen LogP contribution in [0.2, 0.25) is 0 Å². The van der Waals surface area contributed by atoms with Gasteiger partial charge in [0.15, 0.2) is 0 Å². The largest absolute Gasteiger partial charge is 0.492 e. The molecule has 1 aromatic rings. The first-order chi connectivity index (χ1) is 9.31. The fourth-order valence-corrected chi connectivity index (χ4v) is 1.54. The Morgan fingerprint density at radius 2 is 1.85 bits per heavy atom. The zero-order valence-corrected chi connectivity index (χ0v) is 12.1. The van der Waals surface area contributed by atoms with Crippen molar-refractivity contribution in [3.8, 4) is 5.75 Å². The van der Waals surface area contributed by atoms with Crippen molar-refractivity contribution in [2.75, 3.05) is 26.6 Å². The normalized spacial score (nSPS) is 10.8. The second-order valence-electron chi connectivity index (χ2n) is 4.91. The highest BCUT2D eigenvalue weighted by atomic mass is 16.5. The van der Waals surface area contributed by atoms with Crippen LogP contribution in [0, 0.1) is 5.41 Å². The molecule has 0 aromatic heterocycles. The number of benzene rings is 1. The van der Waals surface area contributed by atoms with Crippen molar-refractivity contribution in [2.45, 2.75) is 13.8 Å². The van der Waals surface area contributed by atoms with Crippen molar-refractivity contribution < 1.29 is 23.8 Å². The van der Waals surface area contributed by atoms with Crippen molar-refractivity contribution >= 4 is 17.6 Å². The number of carbonyl (C=O) groups excluding carboxylic acids is 2. The predicted molar refractivity (Wildman–Crippen MR) is 73.5 cm³/mol. The van der Waals surface area contributed by atoms with Gasteiger partial charge in [-0.05, 0) is 32.0 Å². The summed E-state index contributed by atoms with van der Waals surface area (Å²) in [6, 6.07) is 4.63. The van der Waals surface area contributed by atoms with Gasteiger partial charge in [-0.25, -0.2) is 4.79 Å². The Bertz CT molecular complexity index is 510. The van der Waals surface area contributed by atoms with Gasteiger partial charge in [0.05, 0.1) is 19.6 Å². The highest BCUT2D eigenvalue weighted by Gasteiger charge is 2.30. The number of methoxy groups -OCH3 is 2. The minimum Gasteiger partial charge on any atom is -0.492 e. The zero-order chi connectivity index (χ0) is 15.3. The third-order valence-electron chi connectivity index (χ3n) is 2.74. The number of ether oxygens (including phenoxy) is 3. The molecule has 1 rings (SSSR count). The van der Waals surface area contributed by atoms with E-state index >= 15 is 0 Å². The number of rotatable bonds is 5.